The van der Waals surface area contributed by atoms with Crippen LogP contribution in [0.3, 0.4) is 0 Å². The second-order valence-electron chi connectivity index (χ2n) is 5.24. The molecule has 0 amide bonds. The zero-order valence-corrected chi connectivity index (χ0v) is 12.5. The van der Waals surface area contributed by atoms with Crippen LogP contribution >= 0.6 is 11.3 Å². The summed E-state index contributed by atoms with van der Waals surface area (Å²) >= 11 is 1.55. The lowest BCUT2D eigenvalue weighted by molar-refractivity contribution is 0.0931. The van der Waals surface area contributed by atoms with E-state index in [2.05, 4.69) is 4.90 Å². The molecule has 1 aromatic rings. The zero-order chi connectivity index (χ0) is 13.5. The Morgan fingerprint density at radius 2 is 2.26 bits per heavy atom. The van der Waals surface area contributed by atoms with Gasteiger partial charge in [0.2, 0.25) is 0 Å². The van der Waals surface area contributed by atoms with Gasteiger partial charge in [0.1, 0.15) is 0 Å². The number of carbonyl (C=O) groups is 1. The average molecular weight is 281 g/mol. The third-order valence-corrected chi connectivity index (χ3v) is 4.69. The molecule has 0 aliphatic carbocycles. The molecule has 2 heterocycles. The summed E-state index contributed by atoms with van der Waals surface area (Å²) in [6, 6.07) is 3.86. The fraction of sp³-hybridized carbons (Fsp3) is 0.667. The van der Waals surface area contributed by atoms with Crippen LogP contribution in [0.5, 0.6) is 0 Å². The first-order valence-corrected chi connectivity index (χ1v) is 7.95. The van der Waals surface area contributed by atoms with E-state index >= 15 is 0 Å². The van der Waals surface area contributed by atoms with E-state index in [9.17, 15) is 4.79 Å². The number of hydrogen-bond acceptors (Lipinski definition) is 4. The van der Waals surface area contributed by atoms with Gasteiger partial charge >= 0.3 is 0 Å². The second-order valence-corrected chi connectivity index (χ2v) is 6.19. The highest BCUT2D eigenvalue weighted by atomic mass is 32.1. The van der Waals surface area contributed by atoms with Crippen LogP contribution in [0.25, 0.3) is 0 Å². The first kappa shape index (κ1) is 14.7. The van der Waals surface area contributed by atoms with Gasteiger partial charge in [0.15, 0.2) is 5.78 Å². The number of ketones is 1. The Morgan fingerprint density at radius 1 is 1.47 bits per heavy atom. The highest BCUT2D eigenvalue weighted by Gasteiger charge is 2.18. The Labute approximate surface area is 119 Å². The Morgan fingerprint density at radius 3 is 2.89 bits per heavy atom. The first-order chi connectivity index (χ1) is 9.29. The topological polar surface area (TPSA) is 29.5 Å². The SMILES string of the molecule is COCC1CCN(CCCC(=O)c2cccs2)CC1. The highest BCUT2D eigenvalue weighted by molar-refractivity contribution is 7.12. The van der Waals surface area contributed by atoms with E-state index in [1.807, 2.05) is 17.5 Å². The van der Waals surface area contributed by atoms with Crippen LogP contribution in [-0.4, -0.2) is 44.0 Å². The van der Waals surface area contributed by atoms with Crippen LogP contribution in [0.4, 0.5) is 0 Å². The fourth-order valence-electron chi connectivity index (χ4n) is 2.64. The minimum absolute atomic E-state index is 0.296. The largest absolute Gasteiger partial charge is 0.384 e. The van der Waals surface area contributed by atoms with Gasteiger partial charge in [0.25, 0.3) is 0 Å². The van der Waals surface area contributed by atoms with E-state index in [-0.39, 0.29) is 0 Å². The van der Waals surface area contributed by atoms with E-state index in [1.165, 1.54) is 12.8 Å². The van der Waals surface area contributed by atoms with Crippen LogP contribution in [-0.2, 0) is 4.74 Å². The third-order valence-electron chi connectivity index (χ3n) is 3.78. The smallest absolute Gasteiger partial charge is 0.172 e. The predicted octanol–water partition coefficient (Wildman–Crippen LogP) is 3.07. The van der Waals surface area contributed by atoms with Crippen molar-refractivity contribution in [3.63, 3.8) is 0 Å². The molecule has 0 aromatic carbocycles. The summed E-state index contributed by atoms with van der Waals surface area (Å²) in [6.45, 7) is 4.25. The van der Waals surface area contributed by atoms with Gasteiger partial charge in [0, 0.05) is 20.1 Å². The van der Waals surface area contributed by atoms with Gasteiger partial charge in [-0.25, -0.2) is 0 Å². The van der Waals surface area contributed by atoms with Gasteiger partial charge in [0.05, 0.1) is 4.88 Å². The van der Waals surface area contributed by atoms with Crippen molar-refractivity contribution in [2.24, 2.45) is 5.92 Å². The molecular weight excluding hydrogens is 258 g/mol. The summed E-state index contributed by atoms with van der Waals surface area (Å²) in [4.78, 5) is 15.2. The Bertz CT molecular complexity index is 370. The highest BCUT2D eigenvalue weighted by Crippen LogP contribution is 2.18. The molecule has 0 saturated carbocycles. The summed E-state index contributed by atoms with van der Waals surface area (Å²) in [5, 5.41) is 1.97. The Balaban J connectivity index is 1.61. The van der Waals surface area contributed by atoms with Gasteiger partial charge in [-0.3, -0.25) is 4.79 Å². The molecule has 0 unspecified atom stereocenters. The maximum absolute atomic E-state index is 11.9. The minimum atomic E-state index is 0.296. The van der Waals surface area contributed by atoms with Gasteiger partial charge in [-0.1, -0.05) is 6.07 Å². The van der Waals surface area contributed by atoms with E-state index < -0.39 is 0 Å². The Hall–Kier alpha value is -0.710. The van der Waals surface area contributed by atoms with E-state index in [0.29, 0.717) is 12.2 Å². The maximum atomic E-state index is 11.9. The number of piperidine rings is 1. The molecule has 1 aliphatic rings. The minimum Gasteiger partial charge on any atom is -0.384 e. The molecule has 1 fully saturated rings. The lowest BCUT2D eigenvalue weighted by Crippen LogP contribution is -2.35. The third kappa shape index (κ3) is 4.71. The second kappa shape index (κ2) is 7.78. The van der Waals surface area contributed by atoms with Crippen LogP contribution < -0.4 is 0 Å². The van der Waals surface area contributed by atoms with Crippen LogP contribution in [0, 0.1) is 5.92 Å². The molecule has 0 N–H and O–H groups in total. The van der Waals surface area contributed by atoms with E-state index in [1.54, 1.807) is 18.4 Å². The maximum Gasteiger partial charge on any atom is 0.172 e. The molecule has 1 saturated heterocycles. The molecule has 1 aromatic heterocycles. The summed E-state index contributed by atoms with van der Waals surface area (Å²) in [5.41, 5.74) is 0. The van der Waals surface area contributed by atoms with Crippen molar-refractivity contribution in [3.8, 4) is 0 Å². The number of likely N-dealkylation sites (tertiary alicyclic amines) is 1. The molecule has 19 heavy (non-hydrogen) atoms. The average Bonchev–Trinajstić information content (AvgIpc) is 2.95. The van der Waals surface area contributed by atoms with Gasteiger partial charge < -0.3 is 9.64 Å². The van der Waals surface area contributed by atoms with Crippen molar-refractivity contribution in [2.45, 2.75) is 25.7 Å². The Kier molecular flexibility index (Phi) is 6.01. The normalized spacial score (nSPS) is 17.7. The van der Waals surface area contributed by atoms with Gasteiger partial charge in [-0.05, 0) is 56.3 Å². The quantitative estimate of drug-likeness (QED) is 0.719. The molecule has 3 nitrogen and oxygen atoms in total. The van der Waals surface area contributed by atoms with Gasteiger partial charge in [-0.15, -0.1) is 11.3 Å². The van der Waals surface area contributed by atoms with E-state index in [0.717, 1.165) is 43.5 Å². The number of carbonyl (C=O) groups excluding carboxylic acids is 1. The number of ether oxygens (including phenoxy) is 1. The number of hydrogen-bond donors (Lipinski definition) is 0. The first-order valence-electron chi connectivity index (χ1n) is 7.07. The van der Waals surface area contributed by atoms with Crippen molar-refractivity contribution in [3.05, 3.63) is 22.4 Å². The molecule has 106 valence electrons. The summed E-state index contributed by atoms with van der Waals surface area (Å²) in [5.74, 6) is 1.03. The number of methoxy groups -OCH3 is 1. The number of Topliss-reactive ketones (excluding diaryl/α,β-unsaturated/α-hetero) is 1. The number of thiophene rings is 1. The van der Waals surface area contributed by atoms with Crippen LogP contribution in [0.15, 0.2) is 17.5 Å². The molecule has 0 spiro atoms. The molecule has 0 bridgehead atoms. The number of nitrogens with zero attached hydrogens (tertiary/aromatic N) is 1. The summed E-state index contributed by atoms with van der Waals surface area (Å²) < 4.78 is 5.21. The van der Waals surface area contributed by atoms with Crippen LogP contribution in [0.2, 0.25) is 0 Å². The van der Waals surface area contributed by atoms with E-state index in [4.69, 9.17) is 4.74 Å². The predicted molar refractivity (Wildman–Crippen MR) is 78.9 cm³/mol. The molecule has 1 aliphatic heterocycles. The molecule has 4 heteroatoms. The lowest BCUT2D eigenvalue weighted by atomic mass is 9.97. The number of rotatable bonds is 7. The lowest BCUT2D eigenvalue weighted by Gasteiger charge is -2.31. The standard InChI is InChI=1S/C15H23NO2S/c1-18-12-13-6-9-16(10-7-13)8-2-4-14(17)15-5-3-11-19-15/h3,5,11,13H,2,4,6-10,12H2,1H3. The molecule has 2 rings (SSSR count). The molecule has 0 atom stereocenters. The van der Waals surface area contributed by atoms with Crippen molar-refractivity contribution in [1.29, 1.82) is 0 Å². The summed E-state index contributed by atoms with van der Waals surface area (Å²) in [7, 11) is 1.78. The zero-order valence-electron chi connectivity index (χ0n) is 11.6. The van der Waals surface area contributed by atoms with Crippen molar-refractivity contribution in [1.82, 2.24) is 4.90 Å². The van der Waals surface area contributed by atoms with Crippen molar-refractivity contribution >= 4 is 17.1 Å². The van der Waals surface area contributed by atoms with Crippen LogP contribution in [0.1, 0.15) is 35.4 Å². The fourth-order valence-corrected chi connectivity index (χ4v) is 3.33. The van der Waals surface area contributed by atoms with Gasteiger partial charge in [-0.2, -0.15) is 0 Å². The molecular formula is C15H23NO2S. The van der Waals surface area contributed by atoms with Crippen molar-refractivity contribution < 1.29 is 9.53 Å². The summed E-state index contributed by atoms with van der Waals surface area (Å²) in [6.07, 6.45) is 4.11. The van der Waals surface area contributed by atoms with Crippen molar-refractivity contribution in [2.75, 3.05) is 33.4 Å². The monoisotopic (exact) mass is 281 g/mol. The molecule has 0 radical (unpaired) electrons.